The zero-order chi connectivity index (χ0) is 24.0. The number of rotatable bonds is 5. The number of carbonyl (C=O) groups is 3. The zero-order valence-corrected chi connectivity index (χ0v) is 18.1. The van der Waals surface area contributed by atoms with Gasteiger partial charge in [0.05, 0.1) is 0 Å². The number of hydrogen-bond donors (Lipinski definition) is 4. The van der Waals surface area contributed by atoms with Crippen LogP contribution in [-0.2, 0) is 4.79 Å². The lowest BCUT2D eigenvalue weighted by Crippen LogP contribution is -2.49. The van der Waals surface area contributed by atoms with E-state index in [1.165, 1.54) is 12.1 Å². The van der Waals surface area contributed by atoms with E-state index in [1.54, 1.807) is 41.3 Å². The maximum atomic E-state index is 13.1. The number of Topliss-reactive ketones (excluding diaryl/α,β-unsaturated/α-hetero) is 2. The molecule has 0 atom stereocenters. The Bertz CT molecular complexity index is 1060. The standard InChI is InChI=1S/C23H23FN4O3.H4NO/c24-15-5-7-16(8-6-15)27-11-13-28(14-12-27)19(29)9-10-26-21-20(25)22(30)17-3-1-2-4-18(17)23(21)31;1-2/h1-8,26H,9-14,25H2;2H,1H3/q;+1. The molecule has 9 nitrogen and oxygen atoms in total. The molecule has 2 aromatic carbocycles. The van der Waals surface area contributed by atoms with Crippen LogP contribution in [0.4, 0.5) is 10.1 Å². The Kier molecular flexibility index (Phi) is 7.75. The second kappa shape index (κ2) is 10.7. The molecular weight excluding hydrogens is 429 g/mol. The number of nitrogens with zero attached hydrogens (tertiary/aromatic N) is 2. The third-order valence-electron chi connectivity index (χ3n) is 5.62. The van der Waals surface area contributed by atoms with Crippen LogP contribution in [0.25, 0.3) is 0 Å². The lowest BCUT2D eigenvalue weighted by molar-refractivity contribution is -0.670. The fraction of sp³-hybridized carbons (Fsp3) is 0.261. The molecule has 174 valence electrons. The summed E-state index contributed by atoms with van der Waals surface area (Å²) in [6.07, 6.45) is 0.177. The summed E-state index contributed by atoms with van der Waals surface area (Å²) in [4.78, 5) is 41.5. The third-order valence-corrected chi connectivity index (χ3v) is 5.62. The molecule has 1 heterocycles. The van der Waals surface area contributed by atoms with Crippen LogP contribution < -0.4 is 21.8 Å². The minimum Gasteiger partial charge on any atom is -0.394 e. The van der Waals surface area contributed by atoms with Gasteiger partial charge in [-0.05, 0) is 24.3 Å². The molecule has 0 saturated carbocycles. The van der Waals surface area contributed by atoms with Gasteiger partial charge in [0.15, 0.2) is 0 Å². The molecule has 4 rings (SSSR count). The van der Waals surface area contributed by atoms with Crippen molar-refractivity contribution < 1.29 is 29.9 Å². The normalized spacial score (nSPS) is 15.6. The molecule has 0 bridgehead atoms. The van der Waals surface area contributed by atoms with Crippen LogP contribution >= 0.6 is 0 Å². The molecule has 2 aromatic rings. The number of amides is 1. The monoisotopic (exact) mass is 456 g/mol. The second-order valence-corrected chi connectivity index (χ2v) is 7.51. The first-order valence-corrected chi connectivity index (χ1v) is 10.5. The van der Waals surface area contributed by atoms with E-state index in [2.05, 4.69) is 16.1 Å². The fourth-order valence-corrected chi connectivity index (χ4v) is 3.89. The van der Waals surface area contributed by atoms with Gasteiger partial charge in [0.1, 0.15) is 17.2 Å². The van der Waals surface area contributed by atoms with Gasteiger partial charge in [0, 0.05) is 56.0 Å². The minimum absolute atomic E-state index is 0.0413. The number of fused-ring (bicyclic) bond motifs is 1. The molecule has 1 fully saturated rings. The Labute approximate surface area is 190 Å². The van der Waals surface area contributed by atoms with E-state index in [0.717, 1.165) is 5.69 Å². The van der Waals surface area contributed by atoms with Crippen LogP contribution in [0.1, 0.15) is 27.1 Å². The molecule has 0 unspecified atom stereocenters. The number of hydrogen-bond acceptors (Lipinski definition) is 7. The van der Waals surface area contributed by atoms with Crippen LogP contribution in [0.2, 0.25) is 0 Å². The molecule has 1 aliphatic carbocycles. The molecule has 7 N–H and O–H groups in total. The maximum Gasteiger partial charge on any atom is 0.224 e. The predicted molar refractivity (Wildman–Crippen MR) is 119 cm³/mol. The first-order chi connectivity index (χ1) is 16.0. The van der Waals surface area contributed by atoms with E-state index in [9.17, 15) is 18.8 Å². The summed E-state index contributed by atoms with van der Waals surface area (Å²) >= 11 is 0. The highest BCUT2D eigenvalue weighted by molar-refractivity contribution is 6.26. The van der Waals surface area contributed by atoms with Gasteiger partial charge >= 0.3 is 0 Å². The van der Waals surface area contributed by atoms with Gasteiger partial charge in [-0.3, -0.25) is 14.4 Å². The lowest BCUT2D eigenvalue weighted by atomic mass is 9.90. The summed E-state index contributed by atoms with van der Waals surface area (Å²) in [6, 6.07) is 12.9. The number of piperazine rings is 1. The number of quaternary nitrogens is 1. The van der Waals surface area contributed by atoms with E-state index < -0.39 is 0 Å². The minimum atomic E-state index is -0.388. The number of carbonyl (C=O) groups excluding carboxylic acids is 3. The number of nitrogens with one attached hydrogen (secondary N) is 1. The van der Waals surface area contributed by atoms with Crippen molar-refractivity contribution in [3.63, 3.8) is 0 Å². The zero-order valence-electron chi connectivity index (χ0n) is 18.1. The molecular formula is C23H27FN5O4+. The van der Waals surface area contributed by atoms with Gasteiger partial charge < -0.3 is 20.9 Å². The van der Waals surface area contributed by atoms with E-state index in [4.69, 9.17) is 10.9 Å². The number of ketones is 2. The van der Waals surface area contributed by atoms with Gasteiger partial charge in [0.25, 0.3) is 0 Å². The first-order valence-electron chi connectivity index (χ1n) is 10.5. The summed E-state index contributed by atoms with van der Waals surface area (Å²) in [7, 11) is 0. The van der Waals surface area contributed by atoms with Gasteiger partial charge in [-0.25, -0.2) is 15.5 Å². The molecule has 0 spiro atoms. The smallest absolute Gasteiger partial charge is 0.224 e. The van der Waals surface area contributed by atoms with Crippen LogP contribution in [0, 0.1) is 5.82 Å². The third kappa shape index (κ3) is 5.18. The van der Waals surface area contributed by atoms with Gasteiger partial charge in [0.2, 0.25) is 17.5 Å². The van der Waals surface area contributed by atoms with Crippen molar-refractivity contribution in [3.05, 3.63) is 76.9 Å². The van der Waals surface area contributed by atoms with E-state index in [1.807, 2.05) is 0 Å². The van der Waals surface area contributed by atoms with Crippen molar-refractivity contribution in [2.45, 2.75) is 6.42 Å². The highest BCUT2D eigenvalue weighted by Gasteiger charge is 2.30. The average molecular weight is 456 g/mol. The Morgan fingerprint density at radius 2 is 1.55 bits per heavy atom. The molecule has 1 saturated heterocycles. The average Bonchev–Trinajstić information content (AvgIpc) is 2.86. The van der Waals surface area contributed by atoms with Gasteiger partial charge in [-0.1, -0.05) is 24.3 Å². The molecule has 2 aliphatic rings. The van der Waals surface area contributed by atoms with Crippen molar-refractivity contribution in [2.75, 3.05) is 37.6 Å². The highest BCUT2D eigenvalue weighted by atomic mass is 19.1. The van der Waals surface area contributed by atoms with Crippen molar-refractivity contribution in [3.8, 4) is 0 Å². The topological polar surface area (TPSA) is 144 Å². The van der Waals surface area contributed by atoms with Gasteiger partial charge in [-0.2, -0.15) is 0 Å². The summed E-state index contributed by atoms with van der Waals surface area (Å²) in [5.41, 5.74) is 7.36. The summed E-state index contributed by atoms with van der Waals surface area (Å²) in [6.45, 7) is 2.64. The highest BCUT2D eigenvalue weighted by Crippen LogP contribution is 2.22. The summed E-state index contributed by atoms with van der Waals surface area (Å²) in [5, 5.41) is 9.64. The van der Waals surface area contributed by atoms with Crippen LogP contribution in [-0.4, -0.2) is 60.3 Å². The Hall–Kier alpha value is -3.76. The van der Waals surface area contributed by atoms with Crippen LogP contribution in [0.3, 0.4) is 0 Å². The van der Waals surface area contributed by atoms with E-state index in [0.29, 0.717) is 37.3 Å². The maximum absolute atomic E-state index is 13.1. The Morgan fingerprint density at radius 3 is 2.15 bits per heavy atom. The van der Waals surface area contributed by atoms with E-state index in [-0.39, 0.29) is 47.7 Å². The van der Waals surface area contributed by atoms with E-state index >= 15 is 0 Å². The molecule has 1 aliphatic heterocycles. The molecule has 1 amide bonds. The Balaban J connectivity index is 0.00000149. The lowest BCUT2D eigenvalue weighted by Gasteiger charge is -2.36. The van der Waals surface area contributed by atoms with Crippen LogP contribution in [0.5, 0.6) is 0 Å². The second-order valence-electron chi connectivity index (χ2n) is 7.51. The van der Waals surface area contributed by atoms with Crippen molar-refractivity contribution in [1.82, 2.24) is 10.2 Å². The quantitative estimate of drug-likeness (QED) is 0.475. The number of benzene rings is 2. The number of anilines is 1. The van der Waals surface area contributed by atoms with Crippen molar-refractivity contribution in [2.24, 2.45) is 5.73 Å². The first kappa shape index (κ1) is 23.9. The number of halogens is 1. The molecule has 0 radical (unpaired) electrons. The molecule has 0 aromatic heterocycles. The summed E-state index contributed by atoms with van der Waals surface area (Å²) in [5.74, 6) is 1.21. The largest absolute Gasteiger partial charge is 0.394 e. The Morgan fingerprint density at radius 1 is 0.970 bits per heavy atom. The van der Waals surface area contributed by atoms with Gasteiger partial charge in [-0.15, -0.1) is 0 Å². The fourth-order valence-electron chi connectivity index (χ4n) is 3.89. The van der Waals surface area contributed by atoms with Crippen LogP contribution in [0.15, 0.2) is 59.9 Å². The summed E-state index contributed by atoms with van der Waals surface area (Å²) < 4.78 is 13.1. The number of nitrogens with two attached hydrogens (primary N) is 1. The predicted octanol–water partition coefficient (Wildman–Crippen LogP) is 0.321. The number of allylic oxidation sites excluding steroid dienone is 2. The molecule has 10 heteroatoms. The van der Waals surface area contributed by atoms with Crippen molar-refractivity contribution in [1.29, 1.82) is 0 Å². The van der Waals surface area contributed by atoms with Crippen molar-refractivity contribution >= 4 is 23.2 Å². The molecule has 33 heavy (non-hydrogen) atoms. The SMILES string of the molecule is NC1=C(NCCC(=O)N2CCN(c3ccc(F)cc3)CC2)C(=O)c2ccccc2C1=O.[NH3+]O.